The number of nitrogens with one attached hydrogen (secondary N) is 1. The summed E-state index contributed by atoms with van der Waals surface area (Å²) in [5.74, 6) is -1.21. The van der Waals surface area contributed by atoms with Gasteiger partial charge in [-0.2, -0.15) is 0 Å². The van der Waals surface area contributed by atoms with Gasteiger partial charge in [-0.25, -0.2) is 0 Å². The van der Waals surface area contributed by atoms with Crippen molar-refractivity contribution in [1.82, 2.24) is 4.90 Å². The number of anilines is 1. The Morgan fingerprint density at radius 3 is 2.50 bits per heavy atom. The van der Waals surface area contributed by atoms with Gasteiger partial charge in [0.2, 0.25) is 5.91 Å². The monoisotopic (exact) mass is 248 g/mol. The SMILES string of the molecule is C=CCN(CC(=O)O)CC(=O)Nc1ccccc1. The highest BCUT2D eigenvalue weighted by atomic mass is 16.4. The molecule has 0 aliphatic carbocycles. The Labute approximate surface area is 106 Å². The van der Waals surface area contributed by atoms with Crippen molar-refractivity contribution in [3.8, 4) is 0 Å². The largest absolute Gasteiger partial charge is 0.480 e. The fraction of sp³-hybridized carbons (Fsp3) is 0.231. The van der Waals surface area contributed by atoms with Crippen molar-refractivity contribution in [1.29, 1.82) is 0 Å². The average molecular weight is 248 g/mol. The maximum atomic E-state index is 11.7. The second-order valence-electron chi connectivity index (χ2n) is 3.77. The van der Waals surface area contributed by atoms with E-state index in [1.54, 1.807) is 18.2 Å². The van der Waals surface area contributed by atoms with Crippen LogP contribution in [0.5, 0.6) is 0 Å². The zero-order valence-electron chi connectivity index (χ0n) is 10.0. The van der Waals surface area contributed by atoms with Crippen molar-refractivity contribution in [3.63, 3.8) is 0 Å². The zero-order valence-corrected chi connectivity index (χ0v) is 10.0. The van der Waals surface area contributed by atoms with E-state index in [0.717, 1.165) is 0 Å². The van der Waals surface area contributed by atoms with Crippen LogP contribution >= 0.6 is 0 Å². The molecule has 0 aliphatic rings. The predicted octanol–water partition coefficient (Wildman–Crippen LogP) is 1.20. The first kappa shape index (κ1) is 13.9. The fourth-order valence-electron chi connectivity index (χ4n) is 1.48. The van der Waals surface area contributed by atoms with Crippen molar-refractivity contribution in [2.45, 2.75) is 0 Å². The quantitative estimate of drug-likeness (QED) is 0.711. The third-order valence-corrected chi connectivity index (χ3v) is 2.17. The van der Waals surface area contributed by atoms with Crippen molar-refractivity contribution in [3.05, 3.63) is 43.0 Å². The number of carboxylic acids is 1. The number of rotatable bonds is 7. The summed E-state index contributed by atoms with van der Waals surface area (Å²) in [6, 6.07) is 9.02. The summed E-state index contributed by atoms with van der Waals surface area (Å²) in [6.45, 7) is 3.72. The molecule has 1 rings (SSSR count). The number of benzene rings is 1. The van der Waals surface area contributed by atoms with Crippen molar-refractivity contribution < 1.29 is 14.7 Å². The normalized spacial score (nSPS) is 10.1. The van der Waals surface area contributed by atoms with Crippen LogP contribution < -0.4 is 5.32 Å². The van der Waals surface area contributed by atoms with Gasteiger partial charge in [-0.3, -0.25) is 14.5 Å². The van der Waals surface area contributed by atoms with E-state index in [1.165, 1.54) is 4.90 Å². The van der Waals surface area contributed by atoms with Gasteiger partial charge in [0.15, 0.2) is 0 Å². The molecule has 5 heteroatoms. The highest BCUT2D eigenvalue weighted by Gasteiger charge is 2.12. The molecule has 0 saturated heterocycles. The van der Waals surface area contributed by atoms with Gasteiger partial charge in [0.05, 0.1) is 13.1 Å². The number of amides is 1. The lowest BCUT2D eigenvalue weighted by Crippen LogP contribution is -2.36. The van der Waals surface area contributed by atoms with E-state index in [4.69, 9.17) is 5.11 Å². The molecule has 96 valence electrons. The van der Waals surface area contributed by atoms with E-state index in [9.17, 15) is 9.59 Å². The Hall–Kier alpha value is -2.14. The molecule has 2 N–H and O–H groups in total. The van der Waals surface area contributed by atoms with Crippen LogP contribution in [-0.2, 0) is 9.59 Å². The molecule has 0 heterocycles. The van der Waals surface area contributed by atoms with Crippen LogP contribution in [0.2, 0.25) is 0 Å². The lowest BCUT2D eigenvalue weighted by atomic mass is 10.3. The molecular formula is C13H16N2O3. The number of carbonyl (C=O) groups is 2. The number of nitrogens with zero attached hydrogens (tertiary/aromatic N) is 1. The van der Waals surface area contributed by atoms with E-state index < -0.39 is 5.97 Å². The van der Waals surface area contributed by atoms with Gasteiger partial charge in [-0.15, -0.1) is 6.58 Å². The molecule has 0 fully saturated rings. The van der Waals surface area contributed by atoms with Crippen LogP contribution in [0.4, 0.5) is 5.69 Å². The smallest absolute Gasteiger partial charge is 0.317 e. The first-order valence-corrected chi connectivity index (χ1v) is 5.51. The van der Waals surface area contributed by atoms with Crippen LogP contribution in [0.15, 0.2) is 43.0 Å². The van der Waals surface area contributed by atoms with E-state index in [2.05, 4.69) is 11.9 Å². The minimum atomic E-state index is -0.968. The van der Waals surface area contributed by atoms with Crippen molar-refractivity contribution in [2.75, 3.05) is 25.0 Å². The lowest BCUT2D eigenvalue weighted by Gasteiger charge is -2.17. The van der Waals surface area contributed by atoms with E-state index >= 15 is 0 Å². The number of carboxylic acid groups (broad SMARTS) is 1. The van der Waals surface area contributed by atoms with Gasteiger partial charge < -0.3 is 10.4 Å². The summed E-state index contributed by atoms with van der Waals surface area (Å²) in [5, 5.41) is 11.4. The standard InChI is InChI=1S/C13H16N2O3/c1-2-8-15(10-13(17)18)9-12(16)14-11-6-4-3-5-7-11/h2-7H,1,8-10H2,(H,14,16)(H,17,18). The van der Waals surface area contributed by atoms with Gasteiger partial charge in [0.1, 0.15) is 0 Å². The number of hydrogen-bond acceptors (Lipinski definition) is 3. The van der Waals surface area contributed by atoms with Gasteiger partial charge >= 0.3 is 5.97 Å². The number of aliphatic carboxylic acids is 1. The van der Waals surface area contributed by atoms with Crippen LogP contribution in [0.25, 0.3) is 0 Å². The number of para-hydroxylation sites is 1. The highest BCUT2D eigenvalue weighted by Crippen LogP contribution is 2.04. The highest BCUT2D eigenvalue weighted by molar-refractivity contribution is 5.92. The van der Waals surface area contributed by atoms with Crippen LogP contribution in [0, 0.1) is 0 Å². The molecule has 0 spiro atoms. The summed E-state index contributed by atoms with van der Waals surface area (Å²) in [6.07, 6.45) is 1.57. The number of carbonyl (C=O) groups excluding carboxylic acids is 1. The Morgan fingerprint density at radius 1 is 1.28 bits per heavy atom. The summed E-state index contributed by atoms with van der Waals surface area (Å²) in [5.41, 5.74) is 0.691. The molecule has 1 aromatic rings. The summed E-state index contributed by atoms with van der Waals surface area (Å²) < 4.78 is 0. The Balaban J connectivity index is 2.50. The average Bonchev–Trinajstić information content (AvgIpc) is 2.29. The molecule has 5 nitrogen and oxygen atoms in total. The van der Waals surface area contributed by atoms with Crippen molar-refractivity contribution in [2.24, 2.45) is 0 Å². The maximum Gasteiger partial charge on any atom is 0.317 e. The second kappa shape index (κ2) is 7.24. The molecule has 0 aliphatic heterocycles. The summed E-state index contributed by atoms with van der Waals surface area (Å²) >= 11 is 0. The molecule has 0 aromatic heterocycles. The predicted molar refractivity (Wildman–Crippen MR) is 69.3 cm³/mol. The Morgan fingerprint density at radius 2 is 1.94 bits per heavy atom. The first-order valence-electron chi connectivity index (χ1n) is 5.51. The van der Waals surface area contributed by atoms with Gasteiger partial charge in [-0.1, -0.05) is 24.3 Å². The zero-order chi connectivity index (χ0) is 13.4. The van der Waals surface area contributed by atoms with Crippen LogP contribution in [0.3, 0.4) is 0 Å². The Bertz CT molecular complexity index is 418. The van der Waals surface area contributed by atoms with Crippen LogP contribution in [0.1, 0.15) is 0 Å². The summed E-state index contributed by atoms with van der Waals surface area (Å²) in [4.78, 5) is 23.8. The molecule has 0 unspecified atom stereocenters. The molecular weight excluding hydrogens is 232 g/mol. The second-order valence-corrected chi connectivity index (χ2v) is 3.77. The topological polar surface area (TPSA) is 69.6 Å². The molecule has 18 heavy (non-hydrogen) atoms. The molecule has 1 aromatic carbocycles. The molecule has 0 saturated carbocycles. The fourth-order valence-corrected chi connectivity index (χ4v) is 1.48. The van der Waals surface area contributed by atoms with E-state index in [1.807, 2.05) is 18.2 Å². The van der Waals surface area contributed by atoms with E-state index in [-0.39, 0.29) is 19.0 Å². The maximum absolute atomic E-state index is 11.7. The van der Waals surface area contributed by atoms with Gasteiger partial charge in [0.25, 0.3) is 0 Å². The minimum absolute atomic E-state index is 0.0210. The first-order chi connectivity index (χ1) is 8.61. The van der Waals surface area contributed by atoms with Crippen LogP contribution in [-0.4, -0.2) is 41.5 Å². The molecule has 0 radical (unpaired) electrons. The van der Waals surface area contributed by atoms with Crippen molar-refractivity contribution >= 4 is 17.6 Å². The Kier molecular flexibility index (Phi) is 5.60. The summed E-state index contributed by atoms with van der Waals surface area (Å²) in [7, 11) is 0. The minimum Gasteiger partial charge on any atom is -0.480 e. The van der Waals surface area contributed by atoms with Gasteiger partial charge in [0, 0.05) is 12.2 Å². The van der Waals surface area contributed by atoms with Gasteiger partial charge in [-0.05, 0) is 12.1 Å². The molecule has 0 atom stereocenters. The van der Waals surface area contributed by atoms with E-state index in [0.29, 0.717) is 12.2 Å². The molecule has 0 bridgehead atoms. The third-order valence-electron chi connectivity index (χ3n) is 2.17. The third kappa shape index (κ3) is 5.27. The lowest BCUT2D eigenvalue weighted by molar-refractivity contribution is -0.138. The molecule has 1 amide bonds. The number of hydrogen-bond donors (Lipinski definition) is 2.